The predicted octanol–water partition coefficient (Wildman–Crippen LogP) is 2.67. The molecule has 2 heteroatoms. The standard InChI is InChI=1S/C13H16O2/c1-4-5-12(14)10-6-8-11(9-7-10)13(2,3)15/h4,6-9,15H,1,5H2,2-3H3. The molecule has 0 saturated heterocycles. The predicted molar refractivity (Wildman–Crippen MR) is 60.8 cm³/mol. The molecule has 15 heavy (non-hydrogen) atoms. The summed E-state index contributed by atoms with van der Waals surface area (Å²) in [6, 6.07) is 7.02. The molecule has 80 valence electrons. The Morgan fingerprint density at radius 3 is 2.33 bits per heavy atom. The average molecular weight is 204 g/mol. The van der Waals surface area contributed by atoms with Gasteiger partial charge in [-0.15, -0.1) is 6.58 Å². The maximum Gasteiger partial charge on any atom is 0.166 e. The van der Waals surface area contributed by atoms with Gasteiger partial charge in [-0.05, 0) is 19.4 Å². The summed E-state index contributed by atoms with van der Waals surface area (Å²) in [7, 11) is 0. The van der Waals surface area contributed by atoms with E-state index in [-0.39, 0.29) is 5.78 Å². The number of allylic oxidation sites excluding steroid dienone is 1. The van der Waals surface area contributed by atoms with Gasteiger partial charge in [-0.2, -0.15) is 0 Å². The van der Waals surface area contributed by atoms with E-state index >= 15 is 0 Å². The molecular formula is C13H16O2. The Hall–Kier alpha value is -1.41. The Morgan fingerprint density at radius 2 is 1.93 bits per heavy atom. The molecule has 0 aliphatic rings. The molecule has 0 saturated carbocycles. The van der Waals surface area contributed by atoms with Crippen molar-refractivity contribution in [2.45, 2.75) is 25.9 Å². The van der Waals surface area contributed by atoms with E-state index in [2.05, 4.69) is 6.58 Å². The Balaban J connectivity index is 2.90. The summed E-state index contributed by atoms with van der Waals surface area (Å²) in [5.41, 5.74) is 0.598. The fraction of sp³-hybridized carbons (Fsp3) is 0.308. The van der Waals surface area contributed by atoms with Gasteiger partial charge in [-0.1, -0.05) is 30.3 Å². The topological polar surface area (TPSA) is 37.3 Å². The Kier molecular flexibility index (Phi) is 3.43. The zero-order valence-corrected chi connectivity index (χ0v) is 9.16. The van der Waals surface area contributed by atoms with E-state index in [0.29, 0.717) is 12.0 Å². The van der Waals surface area contributed by atoms with Gasteiger partial charge in [0.15, 0.2) is 5.78 Å². The van der Waals surface area contributed by atoms with Crippen molar-refractivity contribution in [3.05, 3.63) is 48.0 Å². The third kappa shape index (κ3) is 3.03. The van der Waals surface area contributed by atoms with Gasteiger partial charge in [0, 0.05) is 12.0 Å². The molecule has 0 fully saturated rings. The van der Waals surface area contributed by atoms with Crippen LogP contribution >= 0.6 is 0 Å². The molecule has 0 amide bonds. The van der Waals surface area contributed by atoms with Crippen LogP contribution in [-0.4, -0.2) is 10.9 Å². The first kappa shape index (κ1) is 11.7. The molecule has 1 rings (SSSR count). The number of carbonyl (C=O) groups is 1. The normalized spacial score (nSPS) is 11.1. The minimum absolute atomic E-state index is 0.0484. The lowest BCUT2D eigenvalue weighted by molar-refractivity contribution is 0.0784. The fourth-order valence-electron chi connectivity index (χ4n) is 1.31. The lowest BCUT2D eigenvalue weighted by atomic mass is 9.96. The van der Waals surface area contributed by atoms with Crippen molar-refractivity contribution in [2.75, 3.05) is 0 Å². The first-order valence-electron chi connectivity index (χ1n) is 4.92. The zero-order valence-electron chi connectivity index (χ0n) is 9.16. The number of rotatable bonds is 4. The Bertz CT molecular complexity index is 355. The van der Waals surface area contributed by atoms with Gasteiger partial charge in [-0.25, -0.2) is 0 Å². The molecule has 0 aliphatic heterocycles. The van der Waals surface area contributed by atoms with Gasteiger partial charge in [-0.3, -0.25) is 4.79 Å². The summed E-state index contributed by atoms with van der Waals surface area (Å²) in [5, 5.41) is 9.72. The summed E-state index contributed by atoms with van der Waals surface area (Å²) < 4.78 is 0. The first-order chi connectivity index (χ1) is 6.95. The van der Waals surface area contributed by atoms with Crippen LogP contribution in [-0.2, 0) is 5.60 Å². The summed E-state index contributed by atoms with van der Waals surface area (Å²) in [6.07, 6.45) is 1.94. The molecule has 0 radical (unpaired) electrons. The lowest BCUT2D eigenvalue weighted by Gasteiger charge is -2.17. The van der Waals surface area contributed by atoms with Crippen LogP contribution in [0.5, 0.6) is 0 Å². The second-order valence-electron chi connectivity index (χ2n) is 4.05. The fourth-order valence-corrected chi connectivity index (χ4v) is 1.31. The highest BCUT2D eigenvalue weighted by molar-refractivity contribution is 5.96. The number of benzene rings is 1. The van der Waals surface area contributed by atoms with E-state index in [1.54, 1.807) is 44.2 Å². The van der Waals surface area contributed by atoms with Crippen molar-refractivity contribution < 1.29 is 9.90 Å². The van der Waals surface area contributed by atoms with Gasteiger partial charge >= 0.3 is 0 Å². The van der Waals surface area contributed by atoms with E-state index in [9.17, 15) is 9.90 Å². The Labute approximate surface area is 90.3 Å². The smallest absolute Gasteiger partial charge is 0.166 e. The first-order valence-corrected chi connectivity index (χ1v) is 4.92. The highest BCUT2D eigenvalue weighted by atomic mass is 16.3. The van der Waals surface area contributed by atoms with Gasteiger partial charge in [0.25, 0.3) is 0 Å². The monoisotopic (exact) mass is 204 g/mol. The van der Waals surface area contributed by atoms with Crippen LogP contribution in [0.3, 0.4) is 0 Å². The number of hydrogen-bond donors (Lipinski definition) is 1. The van der Waals surface area contributed by atoms with Crippen molar-refractivity contribution in [3.8, 4) is 0 Å². The largest absolute Gasteiger partial charge is 0.386 e. The molecular weight excluding hydrogens is 188 g/mol. The molecule has 0 heterocycles. The van der Waals surface area contributed by atoms with E-state index in [0.717, 1.165) is 5.56 Å². The van der Waals surface area contributed by atoms with E-state index < -0.39 is 5.60 Å². The van der Waals surface area contributed by atoms with Crippen molar-refractivity contribution in [1.82, 2.24) is 0 Å². The van der Waals surface area contributed by atoms with Crippen LogP contribution in [0.25, 0.3) is 0 Å². The Morgan fingerprint density at radius 1 is 1.40 bits per heavy atom. The molecule has 1 aromatic rings. The summed E-state index contributed by atoms with van der Waals surface area (Å²) >= 11 is 0. The highest BCUT2D eigenvalue weighted by Crippen LogP contribution is 2.20. The van der Waals surface area contributed by atoms with Crippen molar-refractivity contribution >= 4 is 5.78 Å². The number of carbonyl (C=O) groups excluding carboxylic acids is 1. The molecule has 0 atom stereocenters. The van der Waals surface area contributed by atoms with Gasteiger partial charge in [0.05, 0.1) is 5.60 Å². The molecule has 0 spiro atoms. The third-order valence-corrected chi connectivity index (χ3v) is 2.24. The van der Waals surface area contributed by atoms with Crippen LogP contribution in [0.1, 0.15) is 36.2 Å². The second kappa shape index (κ2) is 4.41. The van der Waals surface area contributed by atoms with Gasteiger partial charge < -0.3 is 5.11 Å². The van der Waals surface area contributed by atoms with Crippen LogP contribution < -0.4 is 0 Å². The van der Waals surface area contributed by atoms with Crippen molar-refractivity contribution in [1.29, 1.82) is 0 Å². The molecule has 0 bridgehead atoms. The maximum atomic E-state index is 11.5. The number of hydrogen-bond acceptors (Lipinski definition) is 2. The highest BCUT2D eigenvalue weighted by Gasteiger charge is 2.15. The van der Waals surface area contributed by atoms with Crippen LogP contribution in [0.4, 0.5) is 0 Å². The molecule has 2 nitrogen and oxygen atoms in total. The zero-order chi connectivity index (χ0) is 11.5. The van der Waals surface area contributed by atoms with E-state index in [4.69, 9.17) is 0 Å². The molecule has 0 aliphatic carbocycles. The SMILES string of the molecule is C=CCC(=O)c1ccc(C(C)(C)O)cc1. The van der Waals surface area contributed by atoms with Gasteiger partial charge in [0.1, 0.15) is 0 Å². The molecule has 0 unspecified atom stereocenters. The number of ketones is 1. The number of Topliss-reactive ketones (excluding diaryl/α,β-unsaturated/α-hetero) is 1. The van der Waals surface area contributed by atoms with Crippen LogP contribution in [0.2, 0.25) is 0 Å². The average Bonchev–Trinajstić information content (AvgIpc) is 2.17. The minimum Gasteiger partial charge on any atom is -0.386 e. The van der Waals surface area contributed by atoms with Crippen LogP contribution in [0.15, 0.2) is 36.9 Å². The molecule has 1 N–H and O–H groups in total. The number of aliphatic hydroxyl groups is 1. The van der Waals surface area contributed by atoms with E-state index in [1.807, 2.05) is 0 Å². The maximum absolute atomic E-state index is 11.5. The summed E-state index contributed by atoms with van der Waals surface area (Å²) in [4.78, 5) is 11.5. The second-order valence-corrected chi connectivity index (χ2v) is 4.05. The molecule has 0 aromatic heterocycles. The minimum atomic E-state index is -0.861. The van der Waals surface area contributed by atoms with E-state index in [1.165, 1.54) is 0 Å². The molecule has 1 aromatic carbocycles. The third-order valence-electron chi connectivity index (χ3n) is 2.24. The van der Waals surface area contributed by atoms with Gasteiger partial charge in [0.2, 0.25) is 0 Å². The quantitative estimate of drug-likeness (QED) is 0.604. The van der Waals surface area contributed by atoms with Crippen molar-refractivity contribution in [3.63, 3.8) is 0 Å². The van der Waals surface area contributed by atoms with Crippen molar-refractivity contribution in [2.24, 2.45) is 0 Å². The summed E-state index contributed by atoms with van der Waals surface area (Å²) in [5.74, 6) is 0.0484. The summed E-state index contributed by atoms with van der Waals surface area (Å²) in [6.45, 7) is 6.95. The lowest BCUT2D eigenvalue weighted by Crippen LogP contribution is -2.15. The van der Waals surface area contributed by atoms with Crippen LogP contribution in [0, 0.1) is 0 Å².